The Morgan fingerprint density at radius 2 is 1.68 bits per heavy atom. The fourth-order valence-corrected chi connectivity index (χ4v) is 3.31. The largest absolute Gasteiger partial charge is 0.298 e. The van der Waals surface area contributed by atoms with Gasteiger partial charge in [0, 0.05) is 13.6 Å². The summed E-state index contributed by atoms with van der Waals surface area (Å²) in [4.78, 5) is 15.0. The van der Waals surface area contributed by atoms with Gasteiger partial charge in [-0.25, -0.2) is 4.68 Å². The van der Waals surface area contributed by atoms with Crippen molar-refractivity contribution >= 4 is 15.9 Å². The summed E-state index contributed by atoms with van der Waals surface area (Å²) >= 11 is 3.50. The Balaban J connectivity index is 2.40. The molecule has 5 heteroatoms. The van der Waals surface area contributed by atoms with Crippen molar-refractivity contribution in [3.8, 4) is 5.69 Å². The minimum absolute atomic E-state index is 0.00310. The van der Waals surface area contributed by atoms with Gasteiger partial charge in [-0.1, -0.05) is 32.0 Å². The fourth-order valence-electron chi connectivity index (χ4n) is 2.76. The maximum Gasteiger partial charge on any atom is 0.286 e. The number of benzene rings is 1. The van der Waals surface area contributed by atoms with E-state index in [0.717, 1.165) is 43.9 Å². The molecule has 0 aliphatic rings. The van der Waals surface area contributed by atoms with Gasteiger partial charge in [-0.2, -0.15) is 0 Å². The Morgan fingerprint density at radius 1 is 1.09 bits per heavy atom. The summed E-state index contributed by atoms with van der Waals surface area (Å²) in [6, 6.07) is 9.75. The molecular formula is C17H24BrN3O. The first kappa shape index (κ1) is 17.0. The molecule has 1 heterocycles. The molecule has 0 atom stereocenters. The highest BCUT2D eigenvalue weighted by Gasteiger charge is 2.18. The van der Waals surface area contributed by atoms with Crippen LogP contribution < -0.4 is 5.56 Å². The smallest absolute Gasteiger partial charge is 0.286 e. The highest BCUT2D eigenvalue weighted by atomic mass is 79.9. The van der Waals surface area contributed by atoms with Crippen molar-refractivity contribution in [3.05, 3.63) is 50.9 Å². The molecule has 0 unspecified atom stereocenters. The summed E-state index contributed by atoms with van der Waals surface area (Å²) in [6.07, 6.45) is 2.23. The molecule has 1 aromatic carbocycles. The normalized spacial score (nSPS) is 11.3. The van der Waals surface area contributed by atoms with Gasteiger partial charge in [0.25, 0.3) is 5.56 Å². The number of para-hydroxylation sites is 1. The van der Waals surface area contributed by atoms with Gasteiger partial charge in [0.1, 0.15) is 4.47 Å². The van der Waals surface area contributed by atoms with Crippen LogP contribution in [0.1, 0.15) is 32.4 Å². The Labute approximate surface area is 140 Å². The van der Waals surface area contributed by atoms with Crippen molar-refractivity contribution < 1.29 is 0 Å². The second-order valence-electron chi connectivity index (χ2n) is 5.51. The van der Waals surface area contributed by atoms with E-state index in [1.54, 1.807) is 4.68 Å². The summed E-state index contributed by atoms with van der Waals surface area (Å²) in [5, 5.41) is 0. The quantitative estimate of drug-likeness (QED) is 0.750. The average Bonchev–Trinajstić information content (AvgIpc) is 2.72. The molecule has 0 radical (unpaired) electrons. The number of hydrogen-bond donors (Lipinski definition) is 0. The summed E-state index contributed by atoms with van der Waals surface area (Å²) in [7, 11) is 1.95. The van der Waals surface area contributed by atoms with Crippen molar-refractivity contribution in [2.75, 3.05) is 13.1 Å². The zero-order chi connectivity index (χ0) is 16.1. The second-order valence-corrected chi connectivity index (χ2v) is 6.31. The first-order chi connectivity index (χ1) is 10.6. The molecule has 0 N–H and O–H groups in total. The van der Waals surface area contributed by atoms with Crippen LogP contribution in [0.2, 0.25) is 0 Å². The van der Waals surface area contributed by atoms with Crippen molar-refractivity contribution in [2.24, 2.45) is 7.05 Å². The zero-order valence-electron chi connectivity index (χ0n) is 13.6. The van der Waals surface area contributed by atoms with E-state index in [1.165, 1.54) is 0 Å². The van der Waals surface area contributed by atoms with Gasteiger partial charge in [0.05, 0.1) is 11.4 Å². The van der Waals surface area contributed by atoms with Gasteiger partial charge < -0.3 is 0 Å². The Hall–Kier alpha value is -1.33. The van der Waals surface area contributed by atoms with E-state index in [4.69, 9.17) is 0 Å². The molecule has 2 aromatic rings. The third-order valence-corrected chi connectivity index (χ3v) is 4.57. The maximum absolute atomic E-state index is 12.6. The van der Waals surface area contributed by atoms with Crippen molar-refractivity contribution in [3.63, 3.8) is 0 Å². The second kappa shape index (κ2) is 7.79. The van der Waals surface area contributed by atoms with Crippen molar-refractivity contribution in [2.45, 2.75) is 33.2 Å². The predicted octanol–water partition coefficient (Wildman–Crippen LogP) is 3.56. The molecule has 0 aliphatic carbocycles. The molecule has 0 bridgehead atoms. The Morgan fingerprint density at radius 3 is 2.23 bits per heavy atom. The lowest BCUT2D eigenvalue weighted by atomic mass is 10.3. The lowest BCUT2D eigenvalue weighted by Gasteiger charge is -2.21. The number of aromatic nitrogens is 2. The van der Waals surface area contributed by atoms with Gasteiger partial charge >= 0.3 is 0 Å². The van der Waals surface area contributed by atoms with E-state index in [9.17, 15) is 4.79 Å². The summed E-state index contributed by atoms with van der Waals surface area (Å²) < 4.78 is 4.34. The van der Waals surface area contributed by atoms with Gasteiger partial charge in [0.15, 0.2) is 0 Å². The van der Waals surface area contributed by atoms with Crippen molar-refractivity contribution in [1.82, 2.24) is 14.3 Å². The predicted molar refractivity (Wildman–Crippen MR) is 94.6 cm³/mol. The monoisotopic (exact) mass is 365 g/mol. The van der Waals surface area contributed by atoms with Crippen LogP contribution in [0.15, 0.2) is 39.6 Å². The molecule has 4 nitrogen and oxygen atoms in total. The molecule has 120 valence electrons. The number of hydrogen-bond acceptors (Lipinski definition) is 2. The molecule has 22 heavy (non-hydrogen) atoms. The summed E-state index contributed by atoms with van der Waals surface area (Å²) in [6.45, 7) is 7.25. The third-order valence-electron chi connectivity index (χ3n) is 3.78. The lowest BCUT2D eigenvalue weighted by Crippen LogP contribution is -2.26. The van der Waals surface area contributed by atoms with E-state index >= 15 is 0 Å². The standard InChI is InChI=1S/C17H24BrN3O/c1-4-11-20(12-5-2)13-15-16(18)17(22)21(19(15)3)14-9-7-6-8-10-14/h6-10H,4-5,11-13H2,1-3H3. The lowest BCUT2D eigenvalue weighted by molar-refractivity contribution is 0.258. The van der Waals surface area contributed by atoms with E-state index in [2.05, 4.69) is 34.7 Å². The van der Waals surface area contributed by atoms with Crippen LogP contribution in [-0.4, -0.2) is 27.4 Å². The van der Waals surface area contributed by atoms with Crippen LogP contribution in [0.25, 0.3) is 5.69 Å². The first-order valence-electron chi connectivity index (χ1n) is 7.84. The molecule has 0 aliphatic heterocycles. The molecule has 0 spiro atoms. The Bertz CT molecular complexity index is 655. The van der Waals surface area contributed by atoms with Gasteiger partial charge in [-0.15, -0.1) is 0 Å². The molecule has 0 saturated carbocycles. The fraction of sp³-hybridized carbons (Fsp3) is 0.471. The van der Waals surface area contributed by atoms with Crippen LogP contribution in [0, 0.1) is 0 Å². The van der Waals surface area contributed by atoms with Gasteiger partial charge in [-0.3, -0.25) is 14.4 Å². The van der Waals surface area contributed by atoms with Crippen molar-refractivity contribution in [1.29, 1.82) is 0 Å². The summed E-state index contributed by atoms with van der Waals surface area (Å²) in [5.74, 6) is 0. The number of rotatable bonds is 7. The third kappa shape index (κ3) is 3.52. The van der Waals surface area contributed by atoms with Crippen LogP contribution in [-0.2, 0) is 13.6 Å². The molecule has 0 fully saturated rings. The van der Waals surface area contributed by atoms with E-state index in [-0.39, 0.29) is 5.56 Å². The van der Waals surface area contributed by atoms with Gasteiger partial charge in [-0.05, 0) is 54.0 Å². The molecule has 2 rings (SSSR count). The van der Waals surface area contributed by atoms with Crippen LogP contribution in [0.3, 0.4) is 0 Å². The first-order valence-corrected chi connectivity index (χ1v) is 8.63. The molecule has 0 saturated heterocycles. The SMILES string of the molecule is CCCN(CCC)Cc1c(Br)c(=O)n(-c2ccccc2)n1C. The van der Waals surface area contributed by atoms with E-state index < -0.39 is 0 Å². The minimum Gasteiger partial charge on any atom is -0.298 e. The van der Waals surface area contributed by atoms with Gasteiger partial charge in [0.2, 0.25) is 0 Å². The van der Waals surface area contributed by atoms with Crippen LogP contribution >= 0.6 is 15.9 Å². The molecule has 1 aromatic heterocycles. The Kier molecular flexibility index (Phi) is 6.03. The number of halogens is 1. The van der Waals surface area contributed by atoms with E-state index in [0.29, 0.717) is 4.47 Å². The summed E-state index contributed by atoms with van der Waals surface area (Å²) in [5.41, 5.74) is 1.91. The highest BCUT2D eigenvalue weighted by molar-refractivity contribution is 9.10. The topological polar surface area (TPSA) is 30.2 Å². The number of nitrogens with zero attached hydrogens (tertiary/aromatic N) is 3. The minimum atomic E-state index is -0.00310. The van der Waals surface area contributed by atoms with Crippen LogP contribution in [0.5, 0.6) is 0 Å². The van der Waals surface area contributed by atoms with Crippen LogP contribution in [0.4, 0.5) is 0 Å². The molecule has 0 amide bonds. The highest BCUT2D eigenvalue weighted by Crippen LogP contribution is 2.18. The maximum atomic E-state index is 12.6. The zero-order valence-corrected chi connectivity index (χ0v) is 15.1. The average molecular weight is 366 g/mol. The van der Waals surface area contributed by atoms with E-state index in [1.807, 2.05) is 42.1 Å². The molecular weight excluding hydrogens is 342 g/mol.